The third kappa shape index (κ3) is 7.72. The fourth-order valence-electron chi connectivity index (χ4n) is 2.54. The van der Waals surface area contributed by atoms with E-state index in [1.807, 2.05) is 13.8 Å². The molecule has 1 aromatic heterocycles. The Labute approximate surface area is 179 Å². The molecule has 0 bridgehead atoms. The summed E-state index contributed by atoms with van der Waals surface area (Å²) in [5.41, 5.74) is -0.561. The molecule has 10 heteroatoms. The lowest BCUT2D eigenvalue weighted by molar-refractivity contribution is -0.138. The molecule has 31 heavy (non-hydrogen) atoms. The monoisotopic (exact) mass is 444 g/mol. The van der Waals surface area contributed by atoms with E-state index in [1.54, 1.807) is 0 Å². The Hall–Kier alpha value is -2.85. The molecule has 1 N–H and O–H groups in total. The maximum atomic E-state index is 13.1. The molecule has 172 valence electrons. The fraction of sp³-hybridized carbons (Fsp3) is 0.429. The predicted octanol–water partition coefficient (Wildman–Crippen LogP) is 4.78. The molecule has 0 unspecified atom stereocenters. The van der Waals surface area contributed by atoms with E-state index in [9.17, 15) is 18.0 Å². The van der Waals surface area contributed by atoms with Gasteiger partial charge in [-0.1, -0.05) is 13.8 Å². The van der Waals surface area contributed by atoms with Crippen LogP contribution < -0.4 is 10.1 Å². The molecule has 7 nitrogen and oxygen atoms in total. The Morgan fingerprint density at radius 2 is 1.74 bits per heavy atom. The summed E-state index contributed by atoms with van der Waals surface area (Å²) in [5, 5.41) is 3.09. The Morgan fingerprint density at radius 3 is 2.29 bits per heavy atom. The van der Waals surface area contributed by atoms with E-state index in [0.717, 1.165) is 12.1 Å². The number of nitrogens with zero attached hydrogens (tertiary/aromatic N) is 1. The van der Waals surface area contributed by atoms with Crippen molar-refractivity contribution in [1.82, 2.24) is 4.98 Å². The minimum atomic E-state index is -4.64. The number of ether oxygens (including phenoxy) is 4. The lowest BCUT2D eigenvalue weighted by Gasteiger charge is -2.20. The van der Waals surface area contributed by atoms with Gasteiger partial charge in [-0.25, -0.2) is 9.78 Å². The molecule has 0 amide bonds. The zero-order valence-electron chi connectivity index (χ0n) is 18.1. The molecule has 2 aromatic rings. The summed E-state index contributed by atoms with van der Waals surface area (Å²) in [6, 6.07) is 5.94. The first kappa shape index (κ1) is 26.2. The number of nitrogens with one attached hydrogen (secondary N) is 1. The van der Waals surface area contributed by atoms with E-state index >= 15 is 0 Å². The predicted molar refractivity (Wildman–Crippen MR) is 110 cm³/mol. The molecule has 0 saturated heterocycles. The van der Waals surface area contributed by atoms with Crippen molar-refractivity contribution in [2.75, 3.05) is 39.9 Å². The second kappa shape index (κ2) is 12.8. The van der Waals surface area contributed by atoms with Gasteiger partial charge in [-0.15, -0.1) is 0 Å². The van der Waals surface area contributed by atoms with Crippen LogP contribution >= 0.6 is 0 Å². The van der Waals surface area contributed by atoms with Crippen molar-refractivity contribution in [1.29, 1.82) is 0 Å². The highest BCUT2D eigenvalue weighted by molar-refractivity contribution is 5.96. The lowest BCUT2D eigenvalue weighted by Crippen LogP contribution is -2.30. The molecule has 0 spiro atoms. The molecule has 1 aromatic carbocycles. The van der Waals surface area contributed by atoms with E-state index in [1.165, 1.54) is 45.7 Å². The van der Waals surface area contributed by atoms with Gasteiger partial charge in [0.2, 0.25) is 5.88 Å². The van der Waals surface area contributed by atoms with Crippen LogP contribution in [0.25, 0.3) is 0 Å². The van der Waals surface area contributed by atoms with Gasteiger partial charge >= 0.3 is 12.1 Å². The molecule has 0 atom stereocenters. The van der Waals surface area contributed by atoms with Gasteiger partial charge in [0, 0.05) is 26.1 Å². The Kier molecular flexibility index (Phi) is 10.8. The summed E-state index contributed by atoms with van der Waals surface area (Å²) < 4.78 is 59.7. The van der Waals surface area contributed by atoms with Gasteiger partial charge in [-0.05, 0) is 30.3 Å². The average Bonchev–Trinajstić information content (AvgIpc) is 2.75. The quantitative estimate of drug-likeness (QED) is 0.558. The minimum absolute atomic E-state index is 0.00446. The van der Waals surface area contributed by atoms with Crippen LogP contribution in [0.2, 0.25) is 0 Å². The maximum absolute atomic E-state index is 13.1. The number of hydrogen-bond acceptors (Lipinski definition) is 7. The summed E-state index contributed by atoms with van der Waals surface area (Å²) in [6.45, 7) is 4.60. The second-order valence-electron chi connectivity index (χ2n) is 5.91. The lowest BCUT2D eigenvalue weighted by atomic mass is 10.1. The number of anilines is 1. The fourth-order valence-corrected chi connectivity index (χ4v) is 2.54. The van der Waals surface area contributed by atoms with Gasteiger partial charge in [-0.2, -0.15) is 13.2 Å². The third-order valence-corrected chi connectivity index (χ3v) is 3.78. The minimum Gasteiger partial charge on any atom is -0.465 e. The number of halogens is 3. The van der Waals surface area contributed by atoms with Gasteiger partial charge in [0.25, 0.3) is 0 Å². The van der Waals surface area contributed by atoms with E-state index < -0.39 is 23.6 Å². The second-order valence-corrected chi connectivity index (χ2v) is 5.91. The number of rotatable bonds is 9. The van der Waals surface area contributed by atoms with Gasteiger partial charge in [0.15, 0.2) is 0 Å². The van der Waals surface area contributed by atoms with Crippen molar-refractivity contribution in [3.8, 4) is 11.6 Å². The number of hydrogen-bond donors (Lipinski definition) is 1. The van der Waals surface area contributed by atoms with Crippen molar-refractivity contribution in [3.63, 3.8) is 0 Å². The average molecular weight is 444 g/mol. The van der Waals surface area contributed by atoms with Gasteiger partial charge in [0.05, 0.1) is 31.9 Å². The molecule has 0 saturated carbocycles. The molecule has 0 fully saturated rings. The van der Waals surface area contributed by atoms with Crippen LogP contribution in [0, 0.1) is 0 Å². The number of carbonyl (C=O) groups is 1. The van der Waals surface area contributed by atoms with Crippen molar-refractivity contribution in [2.45, 2.75) is 26.1 Å². The van der Waals surface area contributed by atoms with Crippen LogP contribution in [0.4, 0.5) is 18.9 Å². The highest BCUT2D eigenvalue weighted by atomic mass is 19.4. The molecule has 2 rings (SSSR count). The normalized spacial score (nSPS) is 10.9. The third-order valence-electron chi connectivity index (χ3n) is 3.78. The topological polar surface area (TPSA) is 78.9 Å². The van der Waals surface area contributed by atoms with Crippen molar-refractivity contribution >= 4 is 11.7 Å². The number of methoxy groups -OCH3 is 3. The zero-order chi connectivity index (χ0) is 23.4. The number of aromatic nitrogens is 1. The van der Waals surface area contributed by atoms with Crippen molar-refractivity contribution in [3.05, 3.63) is 47.7 Å². The first-order chi connectivity index (χ1) is 14.8. The molecular formula is C21H27F3N2O5. The Balaban J connectivity index is 0.00000233. The maximum Gasteiger partial charge on any atom is 0.421 e. The van der Waals surface area contributed by atoms with Crippen LogP contribution in [0.3, 0.4) is 0 Å². The van der Waals surface area contributed by atoms with Crippen LogP contribution in [-0.2, 0) is 20.4 Å². The van der Waals surface area contributed by atoms with Crippen LogP contribution in [0.1, 0.15) is 29.8 Å². The molecule has 0 radical (unpaired) electrons. The van der Waals surface area contributed by atoms with Gasteiger partial charge in [-0.3, -0.25) is 0 Å². The summed E-state index contributed by atoms with van der Waals surface area (Å²) >= 11 is 0. The van der Waals surface area contributed by atoms with Gasteiger partial charge in [0.1, 0.15) is 11.3 Å². The summed E-state index contributed by atoms with van der Waals surface area (Å²) in [7, 11) is 4.24. The SMILES string of the molecule is CC.COCC(COC)Nc1ccc(Oc2ncccc2C(F)(F)F)cc1C(=O)OC. The van der Waals surface area contributed by atoms with E-state index in [4.69, 9.17) is 18.9 Å². The van der Waals surface area contributed by atoms with Crippen LogP contribution in [-0.4, -0.2) is 51.5 Å². The standard InChI is InChI=1S/C19H21F3N2O5.C2H6/c1-26-10-12(11-27-2)24-16-7-6-13(9-14(16)18(25)28-3)29-17-15(19(20,21)22)5-4-8-23-17;1-2/h4-9,12,24H,10-11H2,1-3H3;1-2H3. The van der Waals surface area contributed by atoms with Crippen molar-refractivity contribution < 1.29 is 36.9 Å². The largest absolute Gasteiger partial charge is 0.465 e. The molecule has 0 aliphatic heterocycles. The molecule has 0 aliphatic rings. The van der Waals surface area contributed by atoms with Crippen molar-refractivity contribution in [2.24, 2.45) is 0 Å². The van der Waals surface area contributed by atoms with Crippen LogP contribution in [0.15, 0.2) is 36.5 Å². The number of carbonyl (C=O) groups excluding carboxylic acids is 1. The van der Waals surface area contributed by atoms with E-state index in [-0.39, 0.29) is 17.4 Å². The summed E-state index contributed by atoms with van der Waals surface area (Å²) in [5.74, 6) is -1.31. The van der Waals surface area contributed by atoms with Crippen LogP contribution in [0.5, 0.6) is 11.6 Å². The number of alkyl halides is 3. The smallest absolute Gasteiger partial charge is 0.421 e. The van der Waals surface area contributed by atoms with E-state index in [2.05, 4.69) is 10.3 Å². The number of esters is 1. The zero-order valence-corrected chi connectivity index (χ0v) is 18.1. The van der Waals surface area contributed by atoms with Gasteiger partial charge < -0.3 is 24.3 Å². The molecule has 1 heterocycles. The Morgan fingerprint density at radius 1 is 1.10 bits per heavy atom. The summed E-state index contributed by atoms with van der Waals surface area (Å²) in [4.78, 5) is 15.8. The number of benzene rings is 1. The molecular weight excluding hydrogens is 417 g/mol. The summed E-state index contributed by atoms with van der Waals surface area (Å²) in [6.07, 6.45) is -3.45. The number of pyridine rings is 1. The first-order valence-electron chi connectivity index (χ1n) is 9.47. The highest BCUT2D eigenvalue weighted by Gasteiger charge is 2.35. The van der Waals surface area contributed by atoms with E-state index in [0.29, 0.717) is 18.9 Å². The Bertz CT molecular complexity index is 825. The highest BCUT2D eigenvalue weighted by Crippen LogP contribution is 2.37. The first-order valence-corrected chi connectivity index (χ1v) is 9.47. The molecule has 0 aliphatic carbocycles.